The molecule has 1 rings (SSSR count). The zero-order chi connectivity index (χ0) is 14.0. The molecule has 1 aliphatic rings. The fourth-order valence-corrected chi connectivity index (χ4v) is 1.97. The highest BCUT2D eigenvalue weighted by Crippen LogP contribution is 2.25. The summed E-state index contributed by atoms with van der Waals surface area (Å²) in [5.74, 6) is 0. The first kappa shape index (κ1) is 15.8. The Morgan fingerprint density at radius 2 is 1.72 bits per heavy atom. The number of alkyl halides is 3. The van der Waals surface area contributed by atoms with Gasteiger partial charge in [0.1, 0.15) is 0 Å². The van der Waals surface area contributed by atoms with Crippen LogP contribution in [0.5, 0.6) is 0 Å². The van der Waals surface area contributed by atoms with Gasteiger partial charge in [0.05, 0.1) is 6.54 Å². The third kappa shape index (κ3) is 6.59. The molecule has 0 spiro atoms. The van der Waals surface area contributed by atoms with E-state index in [0.717, 1.165) is 6.54 Å². The van der Waals surface area contributed by atoms with E-state index >= 15 is 0 Å². The molecule has 0 amide bonds. The van der Waals surface area contributed by atoms with Gasteiger partial charge in [-0.1, -0.05) is 13.8 Å². The Kier molecular flexibility index (Phi) is 5.06. The molecule has 1 N–H and O–H groups in total. The van der Waals surface area contributed by atoms with Crippen LogP contribution in [0.25, 0.3) is 0 Å². The Morgan fingerprint density at radius 1 is 1.17 bits per heavy atom. The van der Waals surface area contributed by atoms with Crippen LogP contribution < -0.4 is 5.32 Å². The van der Waals surface area contributed by atoms with E-state index in [4.69, 9.17) is 0 Å². The monoisotopic (exact) mass is 266 g/mol. The summed E-state index contributed by atoms with van der Waals surface area (Å²) < 4.78 is 37.5. The standard InChI is InChI=1S/C13H25F3N2/c1-10(2)18(9-13(14,15)16)8-12(3,4)7-17-11-5-6-11/h10-11,17H,5-9H2,1-4H3. The van der Waals surface area contributed by atoms with Crippen molar-refractivity contribution in [2.45, 2.75) is 58.8 Å². The largest absolute Gasteiger partial charge is 0.401 e. The Bertz CT molecular complexity index is 257. The third-order valence-electron chi connectivity index (χ3n) is 3.19. The molecule has 0 bridgehead atoms. The van der Waals surface area contributed by atoms with Crippen molar-refractivity contribution in [1.29, 1.82) is 0 Å². The maximum Gasteiger partial charge on any atom is 0.401 e. The number of nitrogens with zero attached hydrogens (tertiary/aromatic N) is 1. The molecule has 2 nitrogen and oxygen atoms in total. The van der Waals surface area contributed by atoms with Crippen LogP contribution in [-0.4, -0.2) is 42.8 Å². The Morgan fingerprint density at radius 3 is 2.11 bits per heavy atom. The molecule has 0 saturated heterocycles. The van der Waals surface area contributed by atoms with Crippen molar-refractivity contribution >= 4 is 0 Å². The molecule has 0 aliphatic heterocycles. The van der Waals surface area contributed by atoms with Gasteiger partial charge in [0, 0.05) is 25.2 Å². The third-order valence-corrected chi connectivity index (χ3v) is 3.19. The summed E-state index contributed by atoms with van der Waals surface area (Å²) in [6, 6.07) is 0.506. The Balaban J connectivity index is 2.46. The lowest BCUT2D eigenvalue weighted by Gasteiger charge is -2.35. The van der Waals surface area contributed by atoms with Crippen LogP contribution in [0.4, 0.5) is 13.2 Å². The lowest BCUT2D eigenvalue weighted by atomic mass is 9.92. The van der Waals surface area contributed by atoms with Crippen LogP contribution in [0.1, 0.15) is 40.5 Å². The van der Waals surface area contributed by atoms with Gasteiger partial charge >= 0.3 is 6.18 Å². The number of halogens is 3. The van der Waals surface area contributed by atoms with Gasteiger partial charge in [0.15, 0.2) is 0 Å². The van der Waals surface area contributed by atoms with E-state index in [2.05, 4.69) is 5.32 Å². The Hall–Kier alpha value is -0.290. The van der Waals surface area contributed by atoms with Crippen LogP contribution in [0, 0.1) is 5.41 Å². The molecule has 108 valence electrons. The quantitative estimate of drug-likeness (QED) is 0.762. The fourth-order valence-electron chi connectivity index (χ4n) is 1.97. The summed E-state index contributed by atoms with van der Waals surface area (Å²) in [6.45, 7) is 8.09. The topological polar surface area (TPSA) is 15.3 Å². The number of rotatable bonds is 7. The summed E-state index contributed by atoms with van der Waals surface area (Å²) in [5.41, 5.74) is -0.141. The van der Waals surface area contributed by atoms with Crippen molar-refractivity contribution in [1.82, 2.24) is 10.2 Å². The average Bonchev–Trinajstić information content (AvgIpc) is 2.94. The van der Waals surface area contributed by atoms with Crippen molar-refractivity contribution in [2.75, 3.05) is 19.6 Å². The van der Waals surface area contributed by atoms with Gasteiger partial charge < -0.3 is 5.32 Å². The molecule has 0 aromatic rings. The first-order valence-corrected chi connectivity index (χ1v) is 6.63. The molecule has 1 aliphatic carbocycles. The van der Waals surface area contributed by atoms with Crippen molar-refractivity contribution in [3.8, 4) is 0 Å². The molecule has 5 heteroatoms. The number of hydrogen-bond donors (Lipinski definition) is 1. The molecule has 0 atom stereocenters. The summed E-state index contributed by atoms with van der Waals surface area (Å²) in [5, 5.41) is 3.40. The molecule has 0 radical (unpaired) electrons. The highest BCUT2D eigenvalue weighted by atomic mass is 19.4. The van der Waals surface area contributed by atoms with Crippen LogP contribution in [0.15, 0.2) is 0 Å². The van der Waals surface area contributed by atoms with E-state index in [0.29, 0.717) is 12.6 Å². The van der Waals surface area contributed by atoms with E-state index in [1.807, 2.05) is 27.7 Å². The van der Waals surface area contributed by atoms with E-state index < -0.39 is 12.7 Å². The van der Waals surface area contributed by atoms with Crippen LogP contribution in [0.3, 0.4) is 0 Å². The molecule has 0 unspecified atom stereocenters. The molecule has 18 heavy (non-hydrogen) atoms. The van der Waals surface area contributed by atoms with E-state index in [9.17, 15) is 13.2 Å². The van der Waals surface area contributed by atoms with Crippen molar-refractivity contribution in [2.24, 2.45) is 5.41 Å². The van der Waals surface area contributed by atoms with Crippen molar-refractivity contribution < 1.29 is 13.2 Å². The molecule has 0 heterocycles. The number of nitrogens with one attached hydrogen (secondary N) is 1. The van der Waals surface area contributed by atoms with Crippen molar-refractivity contribution in [3.63, 3.8) is 0 Å². The Labute approximate surface area is 108 Å². The van der Waals surface area contributed by atoms with Gasteiger partial charge in [-0.05, 0) is 32.1 Å². The zero-order valence-electron chi connectivity index (χ0n) is 11.8. The molecular formula is C13H25F3N2. The van der Waals surface area contributed by atoms with Gasteiger partial charge in [-0.3, -0.25) is 4.90 Å². The zero-order valence-corrected chi connectivity index (χ0v) is 11.8. The van der Waals surface area contributed by atoms with Gasteiger partial charge in [0.2, 0.25) is 0 Å². The van der Waals surface area contributed by atoms with Crippen LogP contribution in [0.2, 0.25) is 0 Å². The second-order valence-electron chi connectivity index (χ2n) is 6.43. The van der Waals surface area contributed by atoms with E-state index in [1.165, 1.54) is 17.7 Å². The highest BCUT2D eigenvalue weighted by Gasteiger charge is 2.34. The maximum absolute atomic E-state index is 12.5. The molecule has 0 aromatic carbocycles. The first-order valence-electron chi connectivity index (χ1n) is 6.63. The lowest BCUT2D eigenvalue weighted by Crippen LogP contribution is -2.47. The van der Waals surface area contributed by atoms with Gasteiger partial charge in [0.25, 0.3) is 0 Å². The van der Waals surface area contributed by atoms with Crippen molar-refractivity contribution in [3.05, 3.63) is 0 Å². The smallest absolute Gasteiger partial charge is 0.313 e. The molecule has 0 aromatic heterocycles. The van der Waals surface area contributed by atoms with Crippen LogP contribution >= 0.6 is 0 Å². The van der Waals surface area contributed by atoms with Gasteiger partial charge in [-0.2, -0.15) is 13.2 Å². The minimum absolute atomic E-state index is 0.0909. The molecule has 1 fully saturated rings. The van der Waals surface area contributed by atoms with E-state index in [1.54, 1.807) is 0 Å². The summed E-state index contributed by atoms with van der Waals surface area (Å²) in [7, 11) is 0. The SMILES string of the molecule is CC(C)N(CC(F)(F)F)CC(C)(C)CNC1CC1. The number of hydrogen-bond acceptors (Lipinski definition) is 2. The second kappa shape index (κ2) is 5.78. The predicted molar refractivity (Wildman–Crippen MR) is 67.6 cm³/mol. The highest BCUT2D eigenvalue weighted by molar-refractivity contribution is 4.86. The van der Waals surface area contributed by atoms with Gasteiger partial charge in [-0.15, -0.1) is 0 Å². The minimum atomic E-state index is -4.12. The first-order chi connectivity index (χ1) is 8.09. The normalized spacial score (nSPS) is 17.8. The summed E-state index contributed by atoms with van der Waals surface area (Å²) in [4.78, 5) is 1.51. The summed E-state index contributed by atoms with van der Waals surface area (Å²) in [6.07, 6.45) is -1.72. The fraction of sp³-hybridized carbons (Fsp3) is 1.00. The maximum atomic E-state index is 12.5. The minimum Gasteiger partial charge on any atom is -0.313 e. The lowest BCUT2D eigenvalue weighted by molar-refractivity contribution is -0.152. The second-order valence-corrected chi connectivity index (χ2v) is 6.43. The predicted octanol–water partition coefficient (Wildman–Crippen LogP) is 3.04. The molecule has 1 saturated carbocycles. The van der Waals surface area contributed by atoms with E-state index in [-0.39, 0.29) is 11.5 Å². The summed E-state index contributed by atoms with van der Waals surface area (Å²) >= 11 is 0. The average molecular weight is 266 g/mol. The van der Waals surface area contributed by atoms with Gasteiger partial charge in [-0.25, -0.2) is 0 Å². The molecular weight excluding hydrogens is 241 g/mol. The van der Waals surface area contributed by atoms with Crippen LogP contribution in [-0.2, 0) is 0 Å².